The summed E-state index contributed by atoms with van der Waals surface area (Å²) in [6.45, 7) is 1.79. The molecule has 2 aromatic carbocycles. The van der Waals surface area contributed by atoms with Crippen LogP contribution in [0, 0.1) is 5.82 Å². The number of unbranched alkanes of at least 4 members (excludes halogenated alkanes) is 1. The van der Waals surface area contributed by atoms with Gasteiger partial charge in [0.2, 0.25) is 0 Å². The molecule has 0 N–H and O–H groups in total. The molecule has 0 radical (unpaired) electrons. The zero-order valence-corrected chi connectivity index (χ0v) is 19.7. The molecule has 6 nitrogen and oxygen atoms in total. The Labute approximate surface area is 197 Å². The maximum atomic E-state index is 13.9. The van der Waals surface area contributed by atoms with Crippen LogP contribution in [0.25, 0.3) is 6.08 Å². The van der Waals surface area contributed by atoms with Crippen molar-refractivity contribution in [1.29, 1.82) is 0 Å². The molecule has 0 bridgehead atoms. The van der Waals surface area contributed by atoms with E-state index in [0.29, 0.717) is 23.3 Å². The van der Waals surface area contributed by atoms with E-state index in [1.807, 2.05) is 6.92 Å². The summed E-state index contributed by atoms with van der Waals surface area (Å²) < 4.78 is 25.5. The maximum Gasteiger partial charge on any atom is 0.326 e. The molecule has 0 aliphatic carbocycles. The standard InChI is InChI=1S/C23H21BrFNO5S/c1-2-3-10-30-21(27)13-26-22(28)20(32-23(26)29)12-16-11-17(24)8-9-19(16)31-14-15-6-4-5-7-18(15)25/h4-9,11-12H,2-3,10,13-14H2,1H3/b20-12-. The van der Waals surface area contributed by atoms with Crippen molar-refractivity contribution < 1.29 is 28.2 Å². The Hall–Kier alpha value is -2.65. The van der Waals surface area contributed by atoms with Crippen LogP contribution in [0.3, 0.4) is 0 Å². The van der Waals surface area contributed by atoms with Crippen LogP contribution in [0.2, 0.25) is 0 Å². The quantitative estimate of drug-likeness (QED) is 0.245. The third kappa shape index (κ3) is 6.20. The highest BCUT2D eigenvalue weighted by molar-refractivity contribution is 9.10. The highest BCUT2D eigenvalue weighted by Crippen LogP contribution is 2.35. The van der Waals surface area contributed by atoms with Crippen molar-refractivity contribution in [3.63, 3.8) is 0 Å². The largest absolute Gasteiger partial charge is 0.488 e. The predicted molar refractivity (Wildman–Crippen MR) is 123 cm³/mol. The molecular weight excluding hydrogens is 501 g/mol. The first-order valence-electron chi connectivity index (χ1n) is 9.95. The number of thioether (sulfide) groups is 1. The smallest absolute Gasteiger partial charge is 0.326 e. The number of amides is 2. The summed E-state index contributed by atoms with van der Waals surface area (Å²) in [7, 11) is 0. The van der Waals surface area contributed by atoms with Crippen molar-refractivity contribution in [3.05, 3.63) is 68.8 Å². The Morgan fingerprint density at radius 2 is 2.00 bits per heavy atom. The third-order valence-electron chi connectivity index (χ3n) is 4.52. The van der Waals surface area contributed by atoms with Gasteiger partial charge in [0.1, 0.15) is 24.7 Å². The summed E-state index contributed by atoms with van der Waals surface area (Å²) in [5.41, 5.74) is 0.926. The van der Waals surface area contributed by atoms with Crippen LogP contribution in [0.5, 0.6) is 5.75 Å². The normalized spacial score (nSPS) is 14.8. The van der Waals surface area contributed by atoms with E-state index in [1.54, 1.807) is 36.4 Å². The fourth-order valence-electron chi connectivity index (χ4n) is 2.82. The molecule has 0 spiro atoms. The monoisotopic (exact) mass is 521 g/mol. The van der Waals surface area contributed by atoms with E-state index in [1.165, 1.54) is 12.1 Å². The van der Waals surface area contributed by atoms with Gasteiger partial charge in [-0.2, -0.15) is 0 Å². The molecule has 168 valence electrons. The zero-order valence-electron chi connectivity index (χ0n) is 17.3. The predicted octanol–water partition coefficient (Wildman–Crippen LogP) is 5.55. The van der Waals surface area contributed by atoms with Gasteiger partial charge in [-0.25, -0.2) is 4.39 Å². The minimum atomic E-state index is -0.627. The summed E-state index contributed by atoms with van der Waals surface area (Å²) in [4.78, 5) is 37.9. The lowest BCUT2D eigenvalue weighted by Gasteiger charge is -2.12. The highest BCUT2D eigenvalue weighted by Gasteiger charge is 2.36. The molecular formula is C23H21BrFNO5S. The summed E-state index contributed by atoms with van der Waals surface area (Å²) in [5.74, 6) is -1.16. The van der Waals surface area contributed by atoms with Crippen LogP contribution in [-0.4, -0.2) is 35.2 Å². The van der Waals surface area contributed by atoms with E-state index in [9.17, 15) is 18.8 Å². The topological polar surface area (TPSA) is 72.9 Å². The molecule has 1 saturated heterocycles. The van der Waals surface area contributed by atoms with Gasteiger partial charge in [-0.3, -0.25) is 19.3 Å². The van der Waals surface area contributed by atoms with Gasteiger partial charge < -0.3 is 9.47 Å². The Morgan fingerprint density at radius 1 is 1.22 bits per heavy atom. The van der Waals surface area contributed by atoms with Crippen LogP contribution < -0.4 is 4.74 Å². The first-order chi connectivity index (χ1) is 15.4. The number of benzene rings is 2. The number of hydrogen-bond donors (Lipinski definition) is 0. The van der Waals surface area contributed by atoms with Crippen molar-refractivity contribution in [3.8, 4) is 5.75 Å². The highest BCUT2D eigenvalue weighted by atomic mass is 79.9. The molecule has 2 aromatic rings. The summed E-state index contributed by atoms with van der Waals surface area (Å²) >= 11 is 4.12. The van der Waals surface area contributed by atoms with Crippen LogP contribution in [0.1, 0.15) is 30.9 Å². The van der Waals surface area contributed by atoms with Gasteiger partial charge >= 0.3 is 5.97 Å². The van der Waals surface area contributed by atoms with E-state index in [-0.39, 0.29) is 23.9 Å². The molecule has 1 aliphatic rings. The van der Waals surface area contributed by atoms with Gasteiger partial charge in [0.15, 0.2) is 0 Å². The van der Waals surface area contributed by atoms with E-state index in [2.05, 4.69) is 15.9 Å². The van der Waals surface area contributed by atoms with Gasteiger partial charge in [-0.05, 0) is 48.5 Å². The lowest BCUT2D eigenvalue weighted by Crippen LogP contribution is -2.34. The van der Waals surface area contributed by atoms with Crippen LogP contribution in [0.15, 0.2) is 51.8 Å². The number of ether oxygens (including phenoxy) is 2. The average Bonchev–Trinajstić information content (AvgIpc) is 3.02. The van der Waals surface area contributed by atoms with Crippen molar-refractivity contribution in [2.45, 2.75) is 26.4 Å². The third-order valence-corrected chi connectivity index (χ3v) is 5.92. The van der Waals surface area contributed by atoms with Crippen LogP contribution >= 0.6 is 27.7 Å². The number of halogens is 2. The van der Waals surface area contributed by atoms with Gasteiger partial charge in [-0.1, -0.05) is 47.5 Å². The van der Waals surface area contributed by atoms with Crippen molar-refractivity contribution in [2.24, 2.45) is 0 Å². The lowest BCUT2D eigenvalue weighted by molar-refractivity contribution is -0.146. The number of nitrogens with zero attached hydrogens (tertiary/aromatic N) is 1. The van der Waals surface area contributed by atoms with E-state index in [0.717, 1.165) is 27.6 Å². The second-order valence-electron chi connectivity index (χ2n) is 6.90. The molecule has 3 rings (SSSR count). The summed E-state index contributed by atoms with van der Waals surface area (Å²) in [6, 6.07) is 11.5. The average molecular weight is 522 g/mol. The van der Waals surface area contributed by atoms with Crippen molar-refractivity contribution in [1.82, 2.24) is 4.90 Å². The molecule has 0 atom stereocenters. The van der Waals surface area contributed by atoms with Crippen molar-refractivity contribution in [2.75, 3.05) is 13.2 Å². The van der Waals surface area contributed by atoms with Crippen LogP contribution in [-0.2, 0) is 20.9 Å². The number of imide groups is 1. The molecule has 32 heavy (non-hydrogen) atoms. The van der Waals surface area contributed by atoms with Gasteiger partial charge in [-0.15, -0.1) is 0 Å². The molecule has 2 amide bonds. The molecule has 0 saturated carbocycles. The number of carbonyl (C=O) groups is 3. The number of carbonyl (C=O) groups excluding carboxylic acids is 3. The van der Waals surface area contributed by atoms with Gasteiger partial charge in [0, 0.05) is 15.6 Å². The second kappa shape index (κ2) is 11.3. The minimum absolute atomic E-state index is 0.000223. The molecule has 1 heterocycles. The Balaban J connectivity index is 1.75. The van der Waals surface area contributed by atoms with E-state index in [4.69, 9.17) is 9.47 Å². The van der Waals surface area contributed by atoms with Gasteiger partial charge in [0.25, 0.3) is 11.1 Å². The zero-order chi connectivity index (χ0) is 23.1. The van der Waals surface area contributed by atoms with Gasteiger partial charge in [0.05, 0.1) is 11.5 Å². The first-order valence-corrected chi connectivity index (χ1v) is 11.6. The van der Waals surface area contributed by atoms with E-state index < -0.39 is 23.7 Å². The fourth-order valence-corrected chi connectivity index (χ4v) is 4.03. The Kier molecular flexibility index (Phi) is 8.46. The Bertz CT molecular complexity index is 1060. The molecule has 1 fully saturated rings. The lowest BCUT2D eigenvalue weighted by atomic mass is 10.1. The number of hydrogen-bond acceptors (Lipinski definition) is 6. The summed E-state index contributed by atoms with van der Waals surface area (Å²) in [5, 5.41) is -0.544. The van der Waals surface area contributed by atoms with E-state index >= 15 is 0 Å². The molecule has 1 aliphatic heterocycles. The minimum Gasteiger partial charge on any atom is -0.488 e. The van der Waals surface area contributed by atoms with Crippen molar-refractivity contribution >= 4 is 50.9 Å². The molecule has 0 unspecified atom stereocenters. The van der Waals surface area contributed by atoms with Crippen LogP contribution in [0.4, 0.5) is 9.18 Å². The fraction of sp³-hybridized carbons (Fsp3) is 0.261. The number of rotatable bonds is 9. The number of esters is 1. The first kappa shape index (κ1) is 24.0. The maximum absolute atomic E-state index is 13.9. The SMILES string of the molecule is CCCCOC(=O)CN1C(=O)S/C(=C\c2cc(Br)ccc2OCc2ccccc2F)C1=O. The second-order valence-corrected chi connectivity index (χ2v) is 8.81. The molecule has 9 heteroatoms. The molecule has 0 aromatic heterocycles. The summed E-state index contributed by atoms with van der Waals surface area (Å²) in [6.07, 6.45) is 3.10. The Morgan fingerprint density at radius 3 is 2.75 bits per heavy atom.